The minimum Gasteiger partial charge on any atom is -0.394 e. The average molecular weight is 231 g/mol. The van der Waals surface area contributed by atoms with E-state index in [2.05, 4.69) is 4.98 Å². The fraction of sp³-hybridized carbons (Fsp3) is 0.375. The van der Waals surface area contributed by atoms with E-state index in [0.29, 0.717) is 0 Å². The zero-order valence-electron chi connectivity index (χ0n) is 8.13. The molecule has 1 heterocycles. The van der Waals surface area contributed by atoms with Gasteiger partial charge in [-0.05, 0) is 0 Å². The molecule has 0 saturated carbocycles. The molecule has 1 atom stereocenters. The fourth-order valence-electron chi connectivity index (χ4n) is 1.08. The second-order valence-electron chi connectivity index (χ2n) is 2.97. The van der Waals surface area contributed by atoms with Crippen molar-refractivity contribution in [3.63, 3.8) is 0 Å². The fourth-order valence-corrected chi connectivity index (χ4v) is 1.08. The summed E-state index contributed by atoms with van der Waals surface area (Å²) in [7, 11) is 0. The van der Waals surface area contributed by atoms with Crippen molar-refractivity contribution in [2.24, 2.45) is 0 Å². The lowest BCUT2D eigenvalue weighted by Crippen LogP contribution is -2.31. The largest absolute Gasteiger partial charge is 0.394 e. The third kappa shape index (κ3) is 2.84. The van der Waals surface area contributed by atoms with Crippen LogP contribution in [-0.2, 0) is 11.3 Å². The number of aromatic nitrogens is 2. The Morgan fingerprint density at radius 2 is 2.38 bits per heavy atom. The average Bonchev–Trinajstić information content (AvgIpc) is 2.25. The number of aliphatic hydroxyl groups excluding tert-OH is 2. The van der Waals surface area contributed by atoms with Crippen LogP contribution in [0, 0.1) is 5.95 Å². The second-order valence-corrected chi connectivity index (χ2v) is 2.97. The normalized spacial score (nSPS) is 12.2. The van der Waals surface area contributed by atoms with Crippen LogP contribution in [0.3, 0.4) is 0 Å². The Labute approximate surface area is 89.2 Å². The summed E-state index contributed by atoms with van der Waals surface area (Å²) in [5, 5.41) is 19.6. The third-order valence-corrected chi connectivity index (χ3v) is 1.76. The number of amides is 1. The Bertz CT molecular complexity index is 434. The van der Waals surface area contributed by atoms with Crippen LogP contribution in [0.1, 0.15) is 0 Å². The summed E-state index contributed by atoms with van der Waals surface area (Å²) in [4.78, 5) is 24.8. The molecule has 1 rings (SSSR count). The predicted octanol–water partition coefficient (Wildman–Crippen LogP) is -1.70. The first-order valence-electron chi connectivity index (χ1n) is 4.34. The number of hydrogen-bond donors (Lipinski definition) is 3. The molecule has 1 unspecified atom stereocenters. The Morgan fingerprint density at radius 3 is 2.94 bits per heavy atom. The number of carbonyl (C=O) groups is 1. The molecule has 3 N–H and O–H groups in total. The molecule has 1 aromatic rings. The van der Waals surface area contributed by atoms with Gasteiger partial charge in [0.15, 0.2) is 0 Å². The first-order valence-corrected chi connectivity index (χ1v) is 4.34. The van der Waals surface area contributed by atoms with Crippen molar-refractivity contribution in [1.82, 2.24) is 9.55 Å². The molecule has 0 aliphatic heterocycles. The monoisotopic (exact) mass is 231 g/mol. The van der Waals surface area contributed by atoms with Crippen molar-refractivity contribution in [1.29, 1.82) is 0 Å². The lowest BCUT2D eigenvalue weighted by Gasteiger charge is -2.10. The molecular weight excluding hydrogens is 221 g/mol. The van der Waals surface area contributed by atoms with Gasteiger partial charge >= 0.3 is 0 Å². The number of nitrogens with zero attached hydrogens (tertiary/aromatic N) is 2. The Kier molecular flexibility index (Phi) is 4.09. The summed E-state index contributed by atoms with van der Waals surface area (Å²) < 4.78 is 13.7. The van der Waals surface area contributed by atoms with Crippen LogP contribution >= 0.6 is 0 Å². The van der Waals surface area contributed by atoms with Crippen LogP contribution in [0.2, 0.25) is 0 Å². The SMILES string of the molecule is O=CNc1nc(F)cn(CC(O)CO)c1=O. The summed E-state index contributed by atoms with van der Waals surface area (Å²) in [5.41, 5.74) is -0.763. The summed E-state index contributed by atoms with van der Waals surface area (Å²) >= 11 is 0. The molecule has 0 saturated heterocycles. The highest BCUT2D eigenvalue weighted by Gasteiger charge is 2.11. The highest BCUT2D eigenvalue weighted by atomic mass is 19.1. The number of carbonyl (C=O) groups excluding carboxylic acids is 1. The molecule has 0 bridgehead atoms. The first-order chi connectivity index (χ1) is 7.58. The van der Waals surface area contributed by atoms with E-state index in [1.165, 1.54) is 0 Å². The Hall–Kier alpha value is -1.80. The summed E-state index contributed by atoms with van der Waals surface area (Å²) in [6, 6.07) is 0. The van der Waals surface area contributed by atoms with Crippen LogP contribution < -0.4 is 10.9 Å². The first kappa shape index (κ1) is 12.3. The highest BCUT2D eigenvalue weighted by molar-refractivity contribution is 5.67. The standard InChI is InChI=1S/C8H10FN3O4/c9-6-2-12(1-5(15)3-13)8(16)7(11-6)10-4-14/h2,4-5,13,15H,1,3H2,(H,10,11,14). The molecule has 7 nitrogen and oxygen atoms in total. The zero-order valence-corrected chi connectivity index (χ0v) is 8.13. The van der Waals surface area contributed by atoms with E-state index in [1.54, 1.807) is 0 Å². The van der Waals surface area contributed by atoms with Gasteiger partial charge in [-0.25, -0.2) is 0 Å². The predicted molar refractivity (Wildman–Crippen MR) is 51.2 cm³/mol. The van der Waals surface area contributed by atoms with Crippen molar-refractivity contribution in [3.8, 4) is 0 Å². The van der Waals surface area contributed by atoms with E-state index >= 15 is 0 Å². The van der Waals surface area contributed by atoms with Crippen LogP contribution in [0.4, 0.5) is 10.2 Å². The smallest absolute Gasteiger partial charge is 0.294 e. The molecule has 0 aliphatic carbocycles. The molecule has 16 heavy (non-hydrogen) atoms. The minimum atomic E-state index is -1.19. The van der Waals surface area contributed by atoms with Crippen molar-refractivity contribution in [3.05, 3.63) is 22.5 Å². The van der Waals surface area contributed by atoms with Crippen molar-refractivity contribution < 1.29 is 19.4 Å². The number of rotatable bonds is 5. The van der Waals surface area contributed by atoms with Gasteiger partial charge < -0.3 is 20.1 Å². The third-order valence-electron chi connectivity index (χ3n) is 1.76. The molecule has 0 aliphatic rings. The zero-order chi connectivity index (χ0) is 12.1. The molecule has 0 fully saturated rings. The van der Waals surface area contributed by atoms with E-state index < -0.39 is 30.0 Å². The van der Waals surface area contributed by atoms with Gasteiger partial charge in [0.2, 0.25) is 18.2 Å². The van der Waals surface area contributed by atoms with Gasteiger partial charge in [0.25, 0.3) is 5.56 Å². The molecular formula is C8H10FN3O4. The summed E-state index contributed by atoms with van der Waals surface area (Å²) in [5.74, 6) is -1.45. The van der Waals surface area contributed by atoms with Crippen LogP contribution in [-0.4, -0.2) is 38.9 Å². The van der Waals surface area contributed by atoms with Crippen molar-refractivity contribution in [2.75, 3.05) is 11.9 Å². The van der Waals surface area contributed by atoms with Crippen LogP contribution in [0.5, 0.6) is 0 Å². The Balaban J connectivity index is 3.08. The van der Waals surface area contributed by atoms with E-state index in [-0.39, 0.29) is 13.0 Å². The van der Waals surface area contributed by atoms with Gasteiger partial charge in [-0.2, -0.15) is 9.37 Å². The summed E-state index contributed by atoms with van der Waals surface area (Å²) in [6.07, 6.45) is -0.226. The van der Waals surface area contributed by atoms with Crippen LogP contribution in [0.15, 0.2) is 11.0 Å². The highest BCUT2D eigenvalue weighted by Crippen LogP contribution is 1.98. The minimum absolute atomic E-state index is 0.190. The number of aliphatic hydroxyl groups is 2. The second kappa shape index (κ2) is 5.33. The number of anilines is 1. The number of nitrogens with one attached hydrogen (secondary N) is 1. The summed E-state index contributed by atoms with van der Waals surface area (Å²) in [6.45, 7) is -0.852. The van der Waals surface area contributed by atoms with E-state index in [4.69, 9.17) is 10.2 Å². The topological polar surface area (TPSA) is 104 Å². The van der Waals surface area contributed by atoms with Gasteiger partial charge in [0.05, 0.1) is 25.5 Å². The van der Waals surface area contributed by atoms with Gasteiger partial charge in [0, 0.05) is 0 Å². The van der Waals surface area contributed by atoms with Gasteiger partial charge in [-0.1, -0.05) is 0 Å². The number of halogens is 1. The van der Waals surface area contributed by atoms with Crippen molar-refractivity contribution >= 4 is 12.2 Å². The molecule has 0 spiro atoms. The lowest BCUT2D eigenvalue weighted by atomic mass is 10.3. The quantitative estimate of drug-likeness (QED) is 0.524. The number of hydrogen-bond acceptors (Lipinski definition) is 5. The Morgan fingerprint density at radius 1 is 1.69 bits per heavy atom. The molecule has 88 valence electrons. The lowest BCUT2D eigenvalue weighted by molar-refractivity contribution is -0.105. The van der Waals surface area contributed by atoms with Gasteiger partial charge in [-0.3, -0.25) is 9.59 Å². The molecule has 1 amide bonds. The van der Waals surface area contributed by atoms with E-state index in [1.807, 2.05) is 5.32 Å². The molecule has 8 heteroatoms. The van der Waals surface area contributed by atoms with Crippen molar-refractivity contribution in [2.45, 2.75) is 12.6 Å². The molecule has 1 aromatic heterocycles. The maximum atomic E-state index is 12.9. The van der Waals surface area contributed by atoms with E-state index in [9.17, 15) is 14.0 Å². The molecule has 0 aromatic carbocycles. The van der Waals surface area contributed by atoms with Crippen LogP contribution in [0.25, 0.3) is 0 Å². The van der Waals surface area contributed by atoms with Gasteiger partial charge in [-0.15, -0.1) is 0 Å². The van der Waals surface area contributed by atoms with Gasteiger partial charge in [0.1, 0.15) is 0 Å². The maximum Gasteiger partial charge on any atom is 0.294 e. The maximum absolute atomic E-state index is 12.9. The molecule has 0 radical (unpaired) electrons. The van der Waals surface area contributed by atoms with E-state index in [0.717, 1.165) is 10.8 Å².